The molecule has 114 valence electrons. The van der Waals surface area contributed by atoms with Crippen molar-refractivity contribution >= 4 is 17.5 Å². The molecule has 0 saturated carbocycles. The minimum atomic E-state index is -0.319. The molecule has 1 aromatic rings. The monoisotopic (exact) mass is 290 g/mol. The fourth-order valence-electron chi connectivity index (χ4n) is 2.44. The Labute approximate surface area is 124 Å². The van der Waals surface area contributed by atoms with Crippen LogP contribution in [-0.4, -0.2) is 60.9 Å². The van der Waals surface area contributed by atoms with Crippen LogP contribution < -0.4 is 11.1 Å². The van der Waals surface area contributed by atoms with Gasteiger partial charge >= 0.3 is 0 Å². The van der Waals surface area contributed by atoms with Gasteiger partial charge in [-0.1, -0.05) is 18.2 Å². The van der Waals surface area contributed by atoms with E-state index in [4.69, 9.17) is 5.73 Å². The van der Waals surface area contributed by atoms with Crippen molar-refractivity contribution in [3.05, 3.63) is 30.3 Å². The lowest BCUT2D eigenvalue weighted by atomic mass is 10.3. The molecule has 0 aromatic heterocycles. The minimum absolute atomic E-state index is 0.0831. The Morgan fingerprint density at radius 3 is 2.57 bits per heavy atom. The van der Waals surface area contributed by atoms with Crippen LogP contribution in [0.2, 0.25) is 0 Å². The largest absolute Gasteiger partial charge is 0.376 e. The number of carbonyl (C=O) groups excluding carboxylic acids is 2. The van der Waals surface area contributed by atoms with Crippen LogP contribution in [0, 0.1) is 0 Å². The van der Waals surface area contributed by atoms with E-state index < -0.39 is 0 Å². The maximum atomic E-state index is 12.2. The zero-order chi connectivity index (χ0) is 15.1. The Hall–Kier alpha value is -2.08. The van der Waals surface area contributed by atoms with Crippen molar-refractivity contribution < 1.29 is 9.59 Å². The van der Waals surface area contributed by atoms with E-state index in [1.165, 1.54) is 0 Å². The van der Waals surface area contributed by atoms with Gasteiger partial charge in [-0.25, -0.2) is 0 Å². The second kappa shape index (κ2) is 7.64. The zero-order valence-electron chi connectivity index (χ0n) is 12.1. The van der Waals surface area contributed by atoms with Gasteiger partial charge in [0.05, 0.1) is 13.1 Å². The average molecular weight is 290 g/mol. The second-order valence-electron chi connectivity index (χ2n) is 5.20. The molecule has 3 N–H and O–H groups in total. The SMILES string of the molecule is NC(=O)CN1CCCN(C(=O)CNc2ccccc2)CC1. The molecular formula is C15H22N4O2. The predicted molar refractivity (Wildman–Crippen MR) is 81.8 cm³/mol. The van der Waals surface area contributed by atoms with Crippen molar-refractivity contribution in [3.63, 3.8) is 0 Å². The maximum absolute atomic E-state index is 12.2. The van der Waals surface area contributed by atoms with Crippen LogP contribution in [0.15, 0.2) is 30.3 Å². The van der Waals surface area contributed by atoms with E-state index in [1.807, 2.05) is 40.1 Å². The highest BCUT2D eigenvalue weighted by Crippen LogP contribution is 2.06. The van der Waals surface area contributed by atoms with Crippen LogP contribution in [0.25, 0.3) is 0 Å². The minimum Gasteiger partial charge on any atom is -0.376 e. The Kier molecular flexibility index (Phi) is 5.57. The van der Waals surface area contributed by atoms with Crippen LogP contribution in [0.5, 0.6) is 0 Å². The molecule has 1 aliphatic rings. The molecule has 1 heterocycles. The summed E-state index contributed by atoms with van der Waals surface area (Å²) in [4.78, 5) is 27.0. The summed E-state index contributed by atoms with van der Waals surface area (Å²) >= 11 is 0. The van der Waals surface area contributed by atoms with Gasteiger partial charge in [0.15, 0.2) is 0 Å². The van der Waals surface area contributed by atoms with Crippen molar-refractivity contribution in [1.29, 1.82) is 0 Å². The molecule has 1 aliphatic heterocycles. The van der Waals surface area contributed by atoms with Crippen molar-refractivity contribution in [2.24, 2.45) is 5.73 Å². The first kappa shape index (κ1) is 15.3. The van der Waals surface area contributed by atoms with Gasteiger partial charge in [0.2, 0.25) is 11.8 Å². The maximum Gasteiger partial charge on any atom is 0.241 e. The lowest BCUT2D eigenvalue weighted by Gasteiger charge is -2.21. The zero-order valence-corrected chi connectivity index (χ0v) is 12.1. The molecule has 1 saturated heterocycles. The summed E-state index contributed by atoms with van der Waals surface area (Å²) in [6, 6.07) is 9.67. The Bertz CT molecular complexity index is 478. The number of hydrogen-bond acceptors (Lipinski definition) is 4. The number of nitrogens with two attached hydrogens (primary N) is 1. The summed E-state index contributed by atoms with van der Waals surface area (Å²) < 4.78 is 0. The van der Waals surface area contributed by atoms with Crippen molar-refractivity contribution in [2.75, 3.05) is 44.6 Å². The number of rotatable bonds is 5. The third-order valence-corrected chi connectivity index (χ3v) is 3.54. The van der Waals surface area contributed by atoms with Crippen molar-refractivity contribution in [2.45, 2.75) is 6.42 Å². The number of anilines is 1. The average Bonchev–Trinajstić information content (AvgIpc) is 2.71. The van der Waals surface area contributed by atoms with Crippen molar-refractivity contribution in [1.82, 2.24) is 9.80 Å². The van der Waals surface area contributed by atoms with E-state index in [0.29, 0.717) is 19.6 Å². The Balaban J connectivity index is 1.79. The number of para-hydroxylation sites is 1. The number of carbonyl (C=O) groups is 2. The molecule has 1 fully saturated rings. The number of nitrogens with zero attached hydrogens (tertiary/aromatic N) is 2. The summed E-state index contributed by atoms with van der Waals surface area (Å²) in [5, 5.41) is 3.13. The van der Waals surface area contributed by atoms with Crippen molar-refractivity contribution in [3.8, 4) is 0 Å². The molecule has 0 aliphatic carbocycles. The number of hydrogen-bond donors (Lipinski definition) is 2. The number of nitrogens with one attached hydrogen (secondary N) is 1. The van der Waals surface area contributed by atoms with E-state index >= 15 is 0 Å². The molecule has 6 heteroatoms. The summed E-state index contributed by atoms with van der Waals surface area (Å²) in [7, 11) is 0. The topological polar surface area (TPSA) is 78.7 Å². The van der Waals surface area contributed by atoms with E-state index in [-0.39, 0.29) is 18.4 Å². The van der Waals surface area contributed by atoms with Crippen LogP contribution in [0.3, 0.4) is 0 Å². The highest BCUT2D eigenvalue weighted by atomic mass is 16.2. The summed E-state index contributed by atoms with van der Waals surface area (Å²) in [5.74, 6) is -0.236. The van der Waals surface area contributed by atoms with Gasteiger partial charge in [0, 0.05) is 31.9 Å². The third-order valence-electron chi connectivity index (χ3n) is 3.54. The first-order valence-corrected chi connectivity index (χ1v) is 7.22. The molecule has 0 bridgehead atoms. The van der Waals surface area contributed by atoms with Gasteiger partial charge < -0.3 is 16.0 Å². The van der Waals surface area contributed by atoms with E-state index in [9.17, 15) is 9.59 Å². The fourth-order valence-corrected chi connectivity index (χ4v) is 2.44. The Morgan fingerprint density at radius 1 is 1.10 bits per heavy atom. The van der Waals surface area contributed by atoms with Crippen LogP contribution >= 0.6 is 0 Å². The molecule has 0 atom stereocenters. The van der Waals surface area contributed by atoms with Gasteiger partial charge in [-0.05, 0) is 18.6 Å². The lowest BCUT2D eigenvalue weighted by Crippen LogP contribution is -2.40. The standard InChI is InChI=1S/C15H22N4O2/c16-14(20)12-18-7-4-8-19(10-9-18)15(21)11-17-13-5-2-1-3-6-13/h1-3,5-6,17H,4,7-12H2,(H2,16,20). The first-order valence-electron chi connectivity index (χ1n) is 7.22. The lowest BCUT2D eigenvalue weighted by molar-refractivity contribution is -0.129. The van der Waals surface area contributed by atoms with Gasteiger partial charge in [-0.3, -0.25) is 14.5 Å². The smallest absolute Gasteiger partial charge is 0.241 e. The molecule has 2 amide bonds. The first-order chi connectivity index (χ1) is 10.1. The fraction of sp³-hybridized carbons (Fsp3) is 0.467. The number of primary amides is 1. The second-order valence-corrected chi connectivity index (χ2v) is 5.20. The molecule has 1 aromatic carbocycles. The van der Waals surface area contributed by atoms with Crippen LogP contribution in [0.1, 0.15) is 6.42 Å². The molecule has 0 spiro atoms. The van der Waals surface area contributed by atoms with E-state index in [2.05, 4.69) is 5.32 Å². The third kappa shape index (κ3) is 5.07. The number of amides is 2. The van der Waals surface area contributed by atoms with Gasteiger partial charge in [-0.2, -0.15) is 0 Å². The summed E-state index contributed by atoms with van der Waals surface area (Å²) in [5.41, 5.74) is 6.15. The molecule has 21 heavy (non-hydrogen) atoms. The molecule has 0 unspecified atom stereocenters. The summed E-state index contributed by atoms with van der Waals surface area (Å²) in [6.07, 6.45) is 0.865. The van der Waals surface area contributed by atoms with Gasteiger partial charge in [0.25, 0.3) is 0 Å². The molecule has 2 rings (SSSR count). The van der Waals surface area contributed by atoms with E-state index in [0.717, 1.165) is 25.2 Å². The van der Waals surface area contributed by atoms with Gasteiger partial charge in [0.1, 0.15) is 0 Å². The van der Waals surface area contributed by atoms with E-state index in [1.54, 1.807) is 0 Å². The predicted octanol–water partition coefficient (Wildman–Crippen LogP) is 0.118. The highest BCUT2D eigenvalue weighted by molar-refractivity contribution is 5.81. The highest BCUT2D eigenvalue weighted by Gasteiger charge is 2.19. The summed E-state index contributed by atoms with van der Waals surface area (Å²) in [6.45, 7) is 3.43. The Morgan fingerprint density at radius 2 is 1.86 bits per heavy atom. The number of benzene rings is 1. The quantitative estimate of drug-likeness (QED) is 0.807. The van der Waals surface area contributed by atoms with Gasteiger partial charge in [-0.15, -0.1) is 0 Å². The normalized spacial score (nSPS) is 16.3. The molecule has 0 radical (unpaired) electrons. The molecular weight excluding hydrogens is 268 g/mol. The molecule has 6 nitrogen and oxygen atoms in total. The van der Waals surface area contributed by atoms with Crippen LogP contribution in [-0.2, 0) is 9.59 Å². The van der Waals surface area contributed by atoms with Crippen LogP contribution in [0.4, 0.5) is 5.69 Å².